The van der Waals surface area contributed by atoms with Crippen molar-refractivity contribution in [2.75, 3.05) is 5.32 Å². The number of carbonyl (C=O) groups excluding carboxylic acids is 1. The summed E-state index contributed by atoms with van der Waals surface area (Å²) in [6.45, 7) is 0. The van der Waals surface area contributed by atoms with Gasteiger partial charge in [-0.2, -0.15) is 18.4 Å². The molecule has 0 bridgehead atoms. The molecule has 1 amide bonds. The Labute approximate surface area is 123 Å². The number of hydrogen-bond acceptors (Lipinski definition) is 3. The maximum absolute atomic E-state index is 12.8. The van der Waals surface area contributed by atoms with Crippen LogP contribution in [0.3, 0.4) is 0 Å². The van der Waals surface area contributed by atoms with Crippen molar-refractivity contribution in [1.29, 1.82) is 5.26 Å². The third-order valence-corrected chi connectivity index (χ3v) is 2.66. The second kappa shape index (κ2) is 6.18. The molecule has 2 aromatic carbocycles. The van der Waals surface area contributed by atoms with E-state index >= 15 is 0 Å². The van der Waals surface area contributed by atoms with Crippen molar-refractivity contribution in [2.45, 2.75) is 6.18 Å². The quantitative estimate of drug-likeness (QED) is 0.905. The highest BCUT2D eigenvalue weighted by Gasteiger charge is 2.33. The van der Waals surface area contributed by atoms with Crippen molar-refractivity contribution in [3.63, 3.8) is 0 Å². The van der Waals surface area contributed by atoms with Crippen LogP contribution in [0.5, 0.6) is 5.75 Å². The van der Waals surface area contributed by atoms with Gasteiger partial charge in [-0.05, 0) is 36.4 Å². The molecule has 2 aromatic rings. The molecule has 0 aliphatic carbocycles. The molecule has 0 radical (unpaired) electrons. The van der Waals surface area contributed by atoms with Crippen molar-refractivity contribution in [1.82, 2.24) is 0 Å². The van der Waals surface area contributed by atoms with E-state index in [1.165, 1.54) is 36.4 Å². The molecule has 1 N–H and O–H groups in total. The minimum Gasteiger partial charge on any atom is -0.410 e. The monoisotopic (exact) mass is 306 g/mol. The summed E-state index contributed by atoms with van der Waals surface area (Å²) in [5.74, 6) is 0.112. The summed E-state index contributed by atoms with van der Waals surface area (Å²) >= 11 is 0. The Hall–Kier alpha value is -3.01. The van der Waals surface area contributed by atoms with Gasteiger partial charge in [0.15, 0.2) is 0 Å². The first-order chi connectivity index (χ1) is 10.4. The number of amides is 1. The SMILES string of the molecule is N#Cc1ccc(OC(=O)Nc2ccccc2C(F)(F)F)cc1. The molecule has 0 aliphatic heterocycles. The fourth-order valence-corrected chi connectivity index (χ4v) is 1.68. The highest BCUT2D eigenvalue weighted by molar-refractivity contribution is 5.87. The van der Waals surface area contributed by atoms with E-state index in [2.05, 4.69) is 0 Å². The van der Waals surface area contributed by atoms with E-state index in [-0.39, 0.29) is 5.75 Å². The first-order valence-corrected chi connectivity index (χ1v) is 6.05. The van der Waals surface area contributed by atoms with Gasteiger partial charge in [-0.25, -0.2) is 4.79 Å². The predicted octanol–water partition coefficient (Wildman–Crippen LogP) is 4.19. The molecule has 0 saturated carbocycles. The van der Waals surface area contributed by atoms with Crippen LogP contribution in [-0.2, 0) is 6.18 Å². The van der Waals surface area contributed by atoms with Crippen molar-refractivity contribution < 1.29 is 22.7 Å². The Morgan fingerprint density at radius 2 is 1.73 bits per heavy atom. The zero-order valence-corrected chi connectivity index (χ0v) is 11.0. The maximum atomic E-state index is 12.8. The smallest absolute Gasteiger partial charge is 0.410 e. The molecule has 0 fully saturated rings. The number of nitrogens with zero attached hydrogens (tertiary/aromatic N) is 1. The van der Waals surface area contributed by atoms with Gasteiger partial charge in [0.05, 0.1) is 22.9 Å². The molecule has 7 heteroatoms. The molecule has 0 spiro atoms. The van der Waals surface area contributed by atoms with Crippen LogP contribution < -0.4 is 10.1 Å². The summed E-state index contributed by atoms with van der Waals surface area (Å²) in [7, 11) is 0. The number of benzene rings is 2. The lowest BCUT2D eigenvalue weighted by molar-refractivity contribution is -0.136. The van der Waals surface area contributed by atoms with Crippen LogP contribution in [-0.4, -0.2) is 6.09 Å². The van der Waals surface area contributed by atoms with E-state index in [0.29, 0.717) is 5.56 Å². The number of carbonyl (C=O) groups is 1. The molecule has 0 aromatic heterocycles. The van der Waals surface area contributed by atoms with Gasteiger partial charge in [-0.1, -0.05) is 12.1 Å². The lowest BCUT2D eigenvalue weighted by Gasteiger charge is -2.13. The Morgan fingerprint density at radius 1 is 1.09 bits per heavy atom. The average Bonchev–Trinajstić information content (AvgIpc) is 2.47. The van der Waals surface area contributed by atoms with Crippen LogP contribution in [0.1, 0.15) is 11.1 Å². The average molecular weight is 306 g/mol. The molecule has 0 unspecified atom stereocenters. The Bertz CT molecular complexity index is 719. The normalized spacial score (nSPS) is 10.6. The van der Waals surface area contributed by atoms with Crippen LogP contribution in [0.25, 0.3) is 0 Å². The first kappa shape index (κ1) is 15.4. The third-order valence-electron chi connectivity index (χ3n) is 2.66. The number of hydrogen-bond donors (Lipinski definition) is 1. The number of para-hydroxylation sites is 1. The highest BCUT2D eigenvalue weighted by atomic mass is 19.4. The molecule has 0 heterocycles. The topological polar surface area (TPSA) is 62.1 Å². The number of alkyl halides is 3. The van der Waals surface area contributed by atoms with Gasteiger partial charge >= 0.3 is 12.3 Å². The molecular weight excluding hydrogens is 297 g/mol. The molecule has 0 atom stereocenters. The summed E-state index contributed by atoms with van der Waals surface area (Å²) in [6.07, 6.45) is -5.64. The molecule has 22 heavy (non-hydrogen) atoms. The summed E-state index contributed by atoms with van der Waals surface area (Å²) in [5.41, 5.74) is -0.990. The van der Waals surface area contributed by atoms with Crippen LogP contribution in [0.15, 0.2) is 48.5 Å². The van der Waals surface area contributed by atoms with Crippen molar-refractivity contribution in [3.05, 3.63) is 59.7 Å². The standard InChI is InChI=1S/C15H9F3N2O2/c16-15(17,18)12-3-1-2-4-13(12)20-14(21)22-11-7-5-10(9-19)6-8-11/h1-8H,(H,20,21). The molecule has 4 nitrogen and oxygen atoms in total. The minimum atomic E-state index is -4.59. The van der Waals surface area contributed by atoms with Crippen LogP contribution >= 0.6 is 0 Å². The number of rotatable bonds is 2. The largest absolute Gasteiger partial charge is 0.418 e. The van der Waals surface area contributed by atoms with Gasteiger partial charge in [-0.3, -0.25) is 5.32 Å². The summed E-state index contributed by atoms with van der Waals surface area (Å²) in [6, 6.07) is 12.0. The fraction of sp³-hybridized carbons (Fsp3) is 0.0667. The van der Waals surface area contributed by atoms with E-state index in [4.69, 9.17) is 10.00 Å². The van der Waals surface area contributed by atoms with Crippen molar-refractivity contribution in [2.24, 2.45) is 0 Å². The van der Waals surface area contributed by atoms with Gasteiger partial charge in [-0.15, -0.1) is 0 Å². The summed E-state index contributed by atoms with van der Waals surface area (Å²) < 4.78 is 43.2. The highest BCUT2D eigenvalue weighted by Crippen LogP contribution is 2.34. The van der Waals surface area contributed by atoms with E-state index in [9.17, 15) is 18.0 Å². The van der Waals surface area contributed by atoms with Crippen molar-refractivity contribution >= 4 is 11.8 Å². The lowest BCUT2D eigenvalue weighted by Crippen LogP contribution is -2.19. The fourth-order valence-electron chi connectivity index (χ4n) is 1.68. The maximum Gasteiger partial charge on any atom is 0.418 e. The minimum absolute atomic E-state index is 0.112. The molecule has 0 saturated heterocycles. The lowest BCUT2D eigenvalue weighted by atomic mass is 10.2. The second-order valence-corrected chi connectivity index (χ2v) is 4.19. The van der Waals surface area contributed by atoms with Crippen molar-refractivity contribution in [3.8, 4) is 11.8 Å². The summed E-state index contributed by atoms with van der Waals surface area (Å²) in [4.78, 5) is 11.6. The number of ether oxygens (including phenoxy) is 1. The molecule has 2 rings (SSSR count). The van der Waals surface area contributed by atoms with Crippen LogP contribution in [0, 0.1) is 11.3 Å². The predicted molar refractivity (Wildman–Crippen MR) is 72.2 cm³/mol. The van der Waals surface area contributed by atoms with E-state index in [1.54, 1.807) is 0 Å². The molecule has 112 valence electrons. The summed E-state index contributed by atoms with van der Waals surface area (Å²) in [5, 5.41) is 10.7. The van der Waals surface area contributed by atoms with Gasteiger partial charge in [0.25, 0.3) is 0 Å². The zero-order chi connectivity index (χ0) is 16.2. The van der Waals surface area contributed by atoms with E-state index in [1.807, 2.05) is 11.4 Å². The second-order valence-electron chi connectivity index (χ2n) is 4.19. The first-order valence-electron chi connectivity index (χ1n) is 6.05. The Kier molecular flexibility index (Phi) is 4.32. The van der Waals surface area contributed by atoms with Gasteiger partial charge < -0.3 is 4.74 Å². The number of halogens is 3. The number of nitriles is 1. The van der Waals surface area contributed by atoms with Gasteiger partial charge in [0.1, 0.15) is 5.75 Å². The van der Waals surface area contributed by atoms with E-state index < -0.39 is 23.5 Å². The van der Waals surface area contributed by atoms with Crippen LogP contribution in [0.4, 0.5) is 23.7 Å². The Morgan fingerprint density at radius 3 is 2.32 bits per heavy atom. The molecular formula is C15H9F3N2O2. The van der Waals surface area contributed by atoms with E-state index in [0.717, 1.165) is 12.1 Å². The molecule has 0 aliphatic rings. The van der Waals surface area contributed by atoms with Gasteiger partial charge in [0, 0.05) is 0 Å². The number of nitrogens with one attached hydrogen (secondary N) is 1. The number of anilines is 1. The third kappa shape index (κ3) is 3.76. The van der Waals surface area contributed by atoms with Gasteiger partial charge in [0.2, 0.25) is 0 Å². The zero-order valence-electron chi connectivity index (χ0n) is 11.0. The van der Waals surface area contributed by atoms with Crippen LogP contribution in [0.2, 0.25) is 0 Å². The Balaban J connectivity index is 2.11.